The van der Waals surface area contributed by atoms with E-state index in [9.17, 15) is 4.79 Å². The summed E-state index contributed by atoms with van der Waals surface area (Å²) in [7, 11) is 1.41. The zero-order chi connectivity index (χ0) is 10.4. The van der Waals surface area contributed by atoms with Gasteiger partial charge in [0.25, 0.3) is 0 Å². The topological polar surface area (TPSA) is 38.3 Å². The lowest BCUT2D eigenvalue weighted by Gasteiger charge is -2.28. The number of ether oxygens (including phenoxy) is 1. The van der Waals surface area contributed by atoms with Gasteiger partial charge in [-0.15, -0.1) is 0 Å². The smallest absolute Gasteiger partial charge is 0.407 e. The molecule has 1 aliphatic carbocycles. The van der Waals surface area contributed by atoms with Gasteiger partial charge in [0.2, 0.25) is 0 Å². The lowest BCUT2D eigenvalue weighted by atomic mass is 9.83. The second kappa shape index (κ2) is 5.89. The van der Waals surface area contributed by atoms with E-state index in [1.54, 1.807) is 0 Å². The molecular weight excluding hydrogens is 178 g/mol. The van der Waals surface area contributed by atoms with E-state index in [1.165, 1.54) is 32.8 Å². The predicted molar refractivity (Wildman–Crippen MR) is 56.2 cm³/mol. The molecule has 0 aromatic carbocycles. The van der Waals surface area contributed by atoms with Crippen LogP contribution in [0.4, 0.5) is 4.79 Å². The Hall–Kier alpha value is -0.730. The molecule has 82 valence electrons. The second-order valence-corrected chi connectivity index (χ2v) is 4.14. The Labute approximate surface area is 86.2 Å². The first-order valence-electron chi connectivity index (χ1n) is 5.60. The zero-order valence-corrected chi connectivity index (χ0v) is 9.21. The summed E-state index contributed by atoms with van der Waals surface area (Å²) in [5.74, 6) is 0.885. The van der Waals surface area contributed by atoms with E-state index >= 15 is 0 Å². The molecule has 0 heterocycles. The molecule has 1 rings (SSSR count). The average Bonchev–Trinajstić information content (AvgIpc) is 2.21. The zero-order valence-electron chi connectivity index (χ0n) is 9.21. The molecule has 3 nitrogen and oxygen atoms in total. The first kappa shape index (κ1) is 11.3. The number of carbonyl (C=O) groups excluding carboxylic acids is 1. The molecule has 0 aromatic rings. The third-order valence-corrected chi connectivity index (χ3v) is 3.05. The summed E-state index contributed by atoms with van der Waals surface area (Å²) in [6.45, 7) is 2.23. The maximum Gasteiger partial charge on any atom is 0.407 e. The molecule has 0 atom stereocenters. The van der Waals surface area contributed by atoms with Crippen molar-refractivity contribution < 1.29 is 9.53 Å². The Morgan fingerprint density at radius 3 is 2.50 bits per heavy atom. The van der Waals surface area contributed by atoms with Crippen molar-refractivity contribution in [3.05, 3.63) is 0 Å². The van der Waals surface area contributed by atoms with Crippen molar-refractivity contribution in [1.82, 2.24) is 5.32 Å². The number of alkyl carbamates (subject to hydrolysis) is 1. The summed E-state index contributed by atoms with van der Waals surface area (Å²) in [4.78, 5) is 11.0. The summed E-state index contributed by atoms with van der Waals surface area (Å²) in [5.41, 5.74) is 0. The monoisotopic (exact) mass is 199 g/mol. The molecule has 0 saturated heterocycles. The lowest BCUT2D eigenvalue weighted by Crippen LogP contribution is -2.37. The molecule has 0 spiro atoms. The quantitative estimate of drug-likeness (QED) is 0.759. The van der Waals surface area contributed by atoms with Gasteiger partial charge in [-0.1, -0.05) is 19.8 Å². The van der Waals surface area contributed by atoms with Gasteiger partial charge in [0.1, 0.15) is 0 Å². The SMILES string of the molecule is CCCC1CCC(NC(=O)OC)CC1. The van der Waals surface area contributed by atoms with Gasteiger partial charge in [0.15, 0.2) is 0 Å². The number of rotatable bonds is 3. The van der Waals surface area contributed by atoms with Crippen LogP contribution in [0.25, 0.3) is 0 Å². The van der Waals surface area contributed by atoms with Gasteiger partial charge in [-0.25, -0.2) is 4.79 Å². The minimum atomic E-state index is -0.288. The summed E-state index contributed by atoms with van der Waals surface area (Å²) >= 11 is 0. The lowest BCUT2D eigenvalue weighted by molar-refractivity contribution is 0.160. The molecule has 1 fully saturated rings. The van der Waals surface area contributed by atoms with E-state index < -0.39 is 0 Å². The minimum absolute atomic E-state index is 0.288. The fraction of sp³-hybridized carbons (Fsp3) is 0.909. The molecule has 0 aromatic heterocycles. The summed E-state index contributed by atoms with van der Waals surface area (Å²) < 4.78 is 4.58. The number of hydrogen-bond donors (Lipinski definition) is 1. The van der Waals surface area contributed by atoms with Crippen molar-refractivity contribution >= 4 is 6.09 Å². The van der Waals surface area contributed by atoms with E-state index in [4.69, 9.17) is 0 Å². The van der Waals surface area contributed by atoms with Gasteiger partial charge in [0, 0.05) is 6.04 Å². The molecule has 0 unspecified atom stereocenters. The number of carbonyl (C=O) groups is 1. The number of hydrogen-bond acceptors (Lipinski definition) is 2. The summed E-state index contributed by atoms with van der Waals surface area (Å²) in [6, 6.07) is 0.343. The predicted octanol–water partition coefficient (Wildman–Crippen LogP) is 2.70. The van der Waals surface area contributed by atoms with Gasteiger partial charge >= 0.3 is 6.09 Å². The highest BCUT2D eigenvalue weighted by Crippen LogP contribution is 2.27. The van der Waals surface area contributed by atoms with Crippen molar-refractivity contribution in [3.63, 3.8) is 0 Å². The second-order valence-electron chi connectivity index (χ2n) is 4.14. The standard InChI is InChI=1S/C11H21NO2/c1-3-4-9-5-7-10(8-6-9)12-11(13)14-2/h9-10H,3-8H2,1-2H3,(H,12,13). The fourth-order valence-electron chi connectivity index (χ4n) is 2.23. The maximum atomic E-state index is 11.0. The average molecular weight is 199 g/mol. The Morgan fingerprint density at radius 1 is 1.36 bits per heavy atom. The molecule has 3 heteroatoms. The normalized spacial score (nSPS) is 27.0. The molecule has 0 aliphatic heterocycles. The highest BCUT2D eigenvalue weighted by molar-refractivity contribution is 5.67. The molecule has 1 aliphatic rings. The molecule has 14 heavy (non-hydrogen) atoms. The molecule has 1 N–H and O–H groups in total. The molecule has 0 bridgehead atoms. The summed E-state index contributed by atoms with van der Waals surface area (Å²) in [6.07, 6.45) is 7.05. The van der Waals surface area contributed by atoms with Crippen LogP contribution in [0.1, 0.15) is 45.4 Å². The van der Waals surface area contributed by atoms with Crippen molar-refractivity contribution in [2.24, 2.45) is 5.92 Å². The summed E-state index contributed by atoms with van der Waals surface area (Å²) in [5, 5.41) is 2.87. The van der Waals surface area contributed by atoms with Crippen LogP contribution < -0.4 is 5.32 Å². The highest BCUT2D eigenvalue weighted by Gasteiger charge is 2.21. The first-order chi connectivity index (χ1) is 6.76. The Kier molecular flexibility index (Phi) is 4.77. The van der Waals surface area contributed by atoms with Crippen LogP contribution in [-0.2, 0) is 4.74 Å². The van der Waals surface area contributed by atoms with E-state index in [1.807, 2.05) is 0 Å². The van der Waals surface area contributed by atoms with Crippen molar-refractivity contribution in [3.8, 4) is 0 Å². The maximum absolute atomic E-state index is 11.0. The van der Waals surface area contributed by atoms with Crippen LogP contribution in [-0.4, -0.2) is 19.2 Å². The van der Waals surface area contributed by atoms with Gasteiger partial charge in [-0.2, -0.15) is 0 Å². The van der Waals surface area contributed by atoms with Gasteiger partial charge in [-0.05, 0) is 31.6 Å². The van der Waals surface area contributed by atoms with Gasteiger partial charge in [0.05, 0.1) is 7.11 Å². The van der Waals surface area contributed by atoms with E-state index in [2.05, 4.69) is 17.0 Å². The van der Waals surface area contributed by atoms with Crippen molar-refractivity contribution in [2.45, 2.75) is 51.5 Å². The Balaban J connectivity index is 2.18. The van der Waals surface area contributed by atoms with Crippen molar-refractivity contribution in [2.75, 3.05) is 7.11 Å². The van der Waals surface area contributed by atoms with E-state index in [0.717, 1.165) is 18.8 Å². The molecular formula is C11H21NO2. The van der Waals surface area contributed by atoms with Crippen molar-refractivity contribution in [1.29, 1.82) is 0 Å². The van der Waals surface area contributed by atoms with Gasteiger partial charge < -0.3 is 10.1 Å². The number of nitrogens with one attached hydrogen (secondary N) is 1. The molecule has 1 amide bonds. The van der Waals surface area contributed by atoms with Crippen LogP contribution in [0.2, 0.25) is 0 Å². The van der Waals surface area contributed by atoms with E-state index in [0.29, 0.717) is 6.04 Å². The Bertz CT molecular complexity index is 174. The fourth-order valence-corrected chi connectivity index (χ4v) is 2.23. The first-order valence-corrected chi connectivity index (χ1v) is 5.60. The number of amides is 1. The van der Waals surface area contributed by atoms with Crippen LogP contribution >= 0.6 is 0 Å². The molecule has 0 radical (unpaired) electrons. The molecule has 1 saturated carbocycles. The minimum Gasteiger partial charge on any atom is -0.453 e. The highest BCUT2D eigenvalue weighted by atomic mass is 16.5. The van der Waals surface area contributed by atoms with E-state index in [-0.39, 0.29) is 6.09 Å². The van der Waals surface area contributed by atoms with Crippen LogP contribution in [0.5, 0.6) is 0 Å². The van der Waals surface area contributed by atoms with Crippen LogP contribution in [0.3, 0.4) is 0 Å². The third-order valence-electron chi connectivity index (χ3n) is 3.05. The van der Waals surface area contributed by atoms with Crippen LogP contribution in [0.15, 0.2) is 0 Å². The Morgan fingerprint density at radius 2 is 2.00 bits per heavy atom. The third kappa shape index (κ3) is 3.56. The van der Waals surface area contributed by atoms with Gasteiger partial charge in [-0.3, -0.25) is 0 Å². The largest absolute Gasteiger partial charge is 0.453 e. The van der Waals surface area contributed by atoms with Crippen LogP contribution in [0, 0.1) is 5.92 Å². The number of methoxy groups -OCH3 is 1.